The van der Waals surface area contributed by atoms with Gasteiger partial charge in [-0.3, -0.25) is 4.79 Å². The number of anilines is 1. The lowest BCUT2D eigenvalue weighted by molar-refractivity contribution is -0.115. The zero-order valence-electron chi connectivity index (χ0n) is 10.1. The Morgan fingerprint density at radius 2 is 1.89 bits per heavy atom. The number of benzene rings is 1. The monoisotopic (exact) mass is 344 g/mol. The van der Waals surface area contributed by atoms with Gasteiger partial charge in [0.05, 0.1) is 11.3 Å². The molecular weight excluding hydrogens is 332 g/mol. The van der Waals surface area contributed by atoms with Crippen LogP contribution in [0.4, 0.5) is 5.69 Å². The molecule has 0 saturated carbocycles. The second kappa shape index (κ2) is 4.57. The SMILES string of the molecule is O=C1Cc2cc(S(=O)(=O)N3CCCC3)c(Br)cc2N1. The first kappa shape index (κ1) is 13.1. The smallest absolute Gasteiger partial charge is 0.244 e. The van der Waals surface area contributed by atoms with E-state index in [4.69, 9.17) is 0 Å². The summed E-state index contributed by atoms with van der Waals surface area (Å²) in [7, 11) is -3.46. The Morgan fingerprint density at radius 3 is 2.58 bits per heavy atom. The predicted octanol–water partition coefficient (Wildman–Crippen LogP) is 1.73. The number of hydrogen-bond acceptors (Lipinski definition) is 3. The molecule has 19 heavy (non-hydrogen) atoms. The molecule has 1 aromatic carbocycles. The van der Waals surface area contributed by atoms with E-state index in [0.29, 0.717) is 23.2 Å². The number of nitrogens with zero attached hydrogens (tertiary/aromatic N) is 1. The topological polar surface area (TPSA) is 66.5 Å². The Labute approximate surface area is 120 Å². The fourth-order valence-corrected chi connectivity index (χ4v) is 5.06. The van der Waals surface area contributed by atoms with Gasteiger partial charge in [0, 0.05) is 23.2 Å². The Balaban J connectivity index is 2.06. The summed E-state index contributed by atoms with van der Waals surface area (Å²) in [6, 6.07) is 3.27. The third-order valence-electron chi connectivity index (χ3n) is 3.47. The maximum Gasteiger partial charge on any atom is 0.244 e. The van der Waals surface area contributed by atoms with E-state index >= 15 is 0 Å². The maximum atomic E-state index is 12.5. The molecule has 0 bridgehead atoms. The van der Waals surface area contributed by atoms with E-state index in [0.717, 1.165) is 18.4 Å². The minimum atomic E-state index is -3.46. The maximum absolute atomic E-state index is 12.5. The fourth-order valence-electron chi connectivity index (χ4n) is 2.49. The van der Waals surface area contributed by atoms with Crippen LogP contribution >= 0.6 is 15.9 Å². The molecule has 5 nitrogen and oxygen atoms in total. The van der Waals surface area contributed by atoms with Crippen LogP contribution < -0.4 is 5.32 Å². The van der Waals surface area contributed by atoms with Gasteiger partial charge in [0.2, 0.25) is 15.9 Å². The second-order valence-electron chi connectivity index (χ2n) is 4.78. The number of amides is 1. The first-order valence-electron chi connectivity index (χ1n) is 6.11. The van der Waals surface area contributed by atoms with Crippen molar-refractivity contribution < 1.29 is 13.2 Å². The lowest BCUT2D eigenvalue weighted by atomic mass is 10.2. The summed E-state index contributed by atoms with van der Waals surface area (Å²) in [5, 5.41) is 2.71. The van der Waals surface area contributed by atoms with Crippen LogP contribution in [-0.4, -0.2) is 31.7 Å². The third-order valence-corrected chi connectivity index (χ3v) is 6.32. The van der Waals surface area contributed by atoms with Gasteiger partial charge in [0.1, 0.15) is 0 Å². The normalized spacial score (nSPS) is 19.5. The Morgan fingerprint density at radius 1 is 1.21 bits per heavy atom. The van der Waals surface area contributed by atoms with Crippen LogP contribution in [0.15, 0.2) is 21.5 Å². The average molecular weight is 345 g/mol. The summed E-state index contributed by atoms with van der Waals surface area (Å²) >= 11 is 3.30. The van der Waals surface area contributed by atoms with Gasteiger partial charge in [-0.25, -0.2) is 8.42 Å². The van der Waals surface area contributed by atoms with Crippen molar-refractivity contribution in [3.8, 4) is 0 Å². The average Bonchev–Trinajstić information content (AvgIpc) is 2.95. The number of nitrogens with one attached hydrogen (secondary N) is 1. The van der Waals surface area contributed by atoms with Crippen molar-refractivity contribution >= 4 is 37.5 Å². The van der Waals surface area contributed by atoms with Gasteiger partial charge in [-0.1, -0.05) is 0 Å². The molecular formula is C12H13BrN2O3S. The van der Waals surface area contributed by atoms with Crippen LogP contribution in [-0.2, 0) is 21.2 Å². The molecule has 0 unspecified atom stereocenters. The van der Waals surface area contributed by atoms with Crippen molar-refractivity contribution in [2.75, 3.05) is 18.4 Å². The quantitative estimate of drug-likeness (QED) is 0.888. The van der Waals surface area contributed by atoms with Crippen LogP contribution in [0.3, 0.4) is 0 Å². The Bertz CT molecular complexity index is 651. The predicted molar refractivity (Wildman–Crippen MR) is 74.5 cm³/mol. The number of halogens is 1. The van der Waals surface area contributed by atoms with Crippen molar-refractivity contribution in [1.82, 2.24) is 4.31 Å². The van der Waals surface area contributed by atoms with Crippen LogP contribution in [0.1, 0.15) is 18.4 Å². The van der Waals surface area contributed by atoms with E-state index < -0.39 is 10.0 Å². The first-order valence-corrected chi connectivity index (χ1v) is 8.34. The van der Waals surface area contributed by atoms with Gasteiger partial charge >= 0.3 is 0 Å². The summed E-state index contributed by atoms with van der Waals surface area (Å²) in [6.07, 6.45) is 2.05. The minimum absolute atomic E-state index is 0.0994. The van der Waals surface area contributed by atoms with E-state index in [2.05, 4.69) is 21.2 Å². The van der Waals surface area contributed by atoms with Crippen LogP contribution in [0.25, 0.3) is 0 Å². The molecule has 0 atom stereocenters. The Hall–Kier alpha value is -0.920. The summed E-state index contributed by atoms with van der Waals surface area (Å²) in [4.78, 5) is 11.6. The number of hydrogen-bond donors (Lipinski definition) is 1. The highest BCUT2D eigenvalue weighted by atomic mass is 79.9. The lowest BCUT2D eigenvalue weighted by Crippen LogP contribution is -2.28. The number of rotatable bonds is 2. The molecule has 2 aliphatic heterocycles. The third kappa shape index (κ3) is 2.19. The summed E-state index contributed by atoms with van der Waals surface area (Å²) in [5.74, 6) is -0.0994. The molecule has 2 aliphatic rings. The van der Waals surface area contributed by atoms with Crippen molar-refractivity contribution in [2.24, 2.45) is 0 Å². The van der Waals surface area contributed by atoms with Gasteiger partial charge < -0.3 is 5.32 Å². The van der Waals surface area contributed by atoms with Gasteiger partial charge in [0.15, 0.2) is 0 Å². The lowest BCUT2D eigenvalue weighted by Gasteiger charge is -2.17. The Kier molecular flexibility index (Phi) is 3.15. The standard InChI is InChI=1S/C12H13BrN2O3S/c13-9-7-10-8(6-12(16)14-10)5-11(9)19(17,18)15-3-1-2-4-15/h5,7H,1-4,6H2,(H,14,16). The zero-order valence-corrected chi connectivity index (χ0v) is 12.6. The molecule has 1 aromatic rings. The van der Waals surface area contributed by atoms with Crippen molar-refractivity contribution in [3.05, 3.63) is 22.2 Å². The minimum Gasteiger partial charge on any atom is -0.325 e. The number of carbonyl (C=O) groups is 1. The molecule has 1 fully saturated rings. The summed E-state index contributed by atoms with van der Waals surface area (Å²) in [5.41, 5.74) is 1.43. The molecule has 0 aromatic heterocycles. The summed E-state index contributed by atoms with van der Waals surface area (Å²) in [6.45, 7) is 1.14. The molecule has 0 radical (unpaired) electrons. The zero-order chi connectivity index (χ0) is 13.6. The molecule has 1 N–H and O–H groups in total. The largest absolute Gasteiger partial charge is 0.325 e. The van der Waals surface area contributed by atoms with Gasteiger partial charge in [0.25, 0.3) is 0 Å². The van der Waals surface area contributed by atoms with Crippen molar-refractivity contribution in [1.29, 1.82) is 0 Å². The van der Waals surface area contributed by atoms with Crippen molar-refractivity contribution in [2.45, 2.75) is 24.2 Å². The van der Waals surface area contributed by atoms with Crippen LogP contribution in [0, 0.1) is 0 Å². The van der Waals surface area contributed by atoms with E-state index in [1.165, 1.54) is 4.31 Å². The van der Waals surface area contributed by atoms with Crippen LogP contribution in [0.5, 0.6) is 0 Å². The van der Waals surface area contributed by atoms with Crippen molar-refractivity contribution in [3.63, 3.8) is 0 Å². The summed E-state index contributed by atoms with van der Waals surface area (Å²) < 4.78 is 27.1. The highest BCUT2D eigenvalue weighted by molar-refractivity contribution is 9.10. The molecule has 3 rings (SSSR count). The number of carbonyl (C=O) groups excluding carboxylic acids is 1. The van der Waals surface area contributed by atoms with Crippen LogP contribution in [0.2, 0.25) is 0 Å². The second-order valence-corrected chi connectivity index (χ2v) is 7.54. The molecule has 2 heterocycles. The van der Waals surface area contributed by atoms with Gasteiger partial charge in [-0.15, -0.1) is 0 Å². The number of fused-ring (bicyclic) bond motifs is 1. The van der Waals surface area contributed by atoms with E-state index in [9.17, 15) is 13.2 Å². The van der Waals surface area contributed by atoms with E-state index in [1.807, 2.05) is 0 Å². The highest BCUT2D eigenvalue weighted by Crippen LogP contribution is 2.34. The molecule has 1 saturated heterocycles. The number of sulfonamides is 1. The molecule has 0 spiro atoms. The van der Waals surface area contributed by atoms with E-state index in [1.54, 1.807) is 12.1 Å². The van der Waals surface area contributed by atoms with Gasteiger partial charge in [-0.05, 0) is 46.5 Å². The van der Waals surface area contributed by atoms with E-state index in [-0.39, 0.29) is 17.2 Å². The highest BCUT2D eigenvalue weighted by Gasteiger charge is 2.31. The molecule has 0 aliphatic carbocycles. The van der Waals surface area contributed by atoms with Gasteiger partial charge in [-0.2, -0.15) is 4.31 Å². The molecule has 1 amide bonds. The molecule has 7 heteroatoms. The fraction of sp³-hybridized carbons (Fsp3) is 0.417. The molecule has 102 valence electrons. The first-order chi connectivity index (χ1) is 8.98.